The van der Waals surface area contributed by atoms with Crippen LogP contribution in [-0.2, 0) is 14.3 Å². The lowest BCUT2D eigenvalue weighted by molar-refractivity contribution is -0.325. The van der Waals surface area contributed by atoms with Gasteiger partial charge in [-0.1, -0.05) is 23.3 Å². The quantitative estimate of drug-likeness (QED) is 0.320. The molecule has 0 amide bonds. The summed E-state index contributed by atoms with van der Waals surface area (Å²) in [4.78, 5) is 11.3. The molecule has 8 nitrogen and oxygen atoms in total. The predicted molar refractivity (Wildman–Crippen MR) is 107 cm³/mol. The Morgan fingerprint density at radius 3 is 2.28 bits per heavy atom. The topological polar surface area (TPSA) is 137 Å². The van der Waals surface area contributed by atoms with E-state index in [-0.39, 0.29) is 6.42 Å². The molecule has 29 heavy (non-hydrogen) atoms. The number of hydrogen-bond donors (Lipinski definition) is 5. The predicted octanol–water partition coefficient (Wildman–Crippen LogP) is 1.51. The van der Waals surface area contributed by atoms with Crippen LogP contribution in [0.1, 0.15) is 59.8 Å². The molecule has 1 unspecified atom stereocenters. The summed E-state index contributed by atoms with van der Waals surface area (Å²) < 4.78 is 11.1. The van der Waals surface area contributed by atoms with Gasteiger partial charge in [-0.2, -0.15) is 0 Å². The van der Waals surface area contributed by atoms with E-state index >= 15 is 0 Å². The number of aliphatic hydroxyl groups excluding tert-OH is 4. The zero-order valence-electron chi connectivity index (χ0n) is 17.7. The van der Waals surface area contributed by atoms with Crippen molar-refractivity contribution in [2.75, 3.05) is 6.61 Å². The van der Waals surface area contributed by atoms with Gasteiger partial charge in [0, 0.05) is 0 Å². The molecular formula is C21H36O8. The van der Waals surface area contributed by atoms with Gasteiger partial charge in [-0.25, -0.2) is 0 Å². The molecular weight excluding hydrogens is 380 g/mol. The van der Waals surface area contributed by atoms with Gasteiger partial charge in [-0.05, 0) is 53.4 Å². The molecule has 5 N–H and O–H groups in total. The molecule has 0 radical (unpaired) electrons. The highest BCUT2D eigenvalue weighted by molar-refractivity contribution is 5.68. The molecule has 0 aromatic rings. The molecule has 1 heterocycles. The van der Waals surface area contributed by atoms with Crippen LogP contribution < -0.4 is 0 Å². The summed E-state index contributed by atoms with van der Waals surface area (Å²) in [6, 6.07) is 0. The Morgan fingerprint density at radius 1 is 1.07 bits per heavy atom. The summed E-state index contributed by atoms with van der Waals surface area (Å²) in [7, 11) is 0. The van der Waals surface area contributed by atoms with Crippen LogP contribution in [0, 0.1) is 0 Å². The van der Waals surface area contributed by atoms with Gasteiger partial charge in [0.1, 0.15) is 24.4 Å². The van der Waals surface area contributed by atoms with E-state index in [1.807, 2.05) is 26.8 Å². The number of ether oxygens (including phenoxy) is 2. The average Bonchev–Trinajstić information content (AvgIpc) is 2.61. The Kier molecular flexibility index (Phi) is 10.5. The molecule has 1 aliphatic heterocycles. The molecule has 0 aliphatic carbocycles. The van der Waals surface area contributed by atoms with Crippen molar-refractivity contribution in [3.05, 3.63) is 23.3 Å². The fraction of sp³-hybridized carbons (Fsp3) is 0.762. The lowest BCUT2D eigenvalue weighted by Crippen LogP contribution is -2.60. The number of rotatable bonds is 11. The van der Waals surface area contributed by atoms with E-state index < -0.39 is 48.9 Å². The molecule has 0 bridgehead atoms. The summed E-state index contributed by atoms with van der Waals surface area (Å²) in [6.45, 7) is 7.15. The van der Waals surface area contributed by atoms with Gasteiger partial charge >= 0.3 is 5.97 Å². The maximum Gasteiger partial charge on any atom is 0.306 e. The summed E-state index contributed by atoms with van der Waals surface area (Å²) in [6.07, 6.45) is -0.451. The number of carboxylic acid groups (broad SMARTS) is 1. The molecule has 8 heteroatoms. The summed E-state index contributed by atoms with van der Waals surface area (Å²) in [5, 5.41) is 48.5. The fourth-order valence-electron chi connectivity index (χ4n) is 3.27. The standard InChI is InChI=1S/C21H36O8/c1-13(2)7-5-8-14(3)9-6-10-21(4,11-16(23)24)29-20-19(27)18(26)17(25)15(12-22)28-20/h7,9,15,17-20,22,25-27H,5-6,8,10-12H2,1-4H3,(H,23,24)/b14-9+/t15-,17-,18+,19-,20+,21?/m1/s1. The minimum absolute atomic E-state index is 0.327. The zero-order chi connectivity index (χ0) is 22.2. The number of aliphatic hydroxyl groups is 4. The molecule has 0 spiro atoms. The number of carboxylic acids is 1. The van der Waals surface area contributed by atoms with Crippen molar-refractivity contribution in [1.82, 2.24) is 0 Å². The fourth-order valence-corrected chi connectivity index (χ4v) is 3.27. The highest BCUT2D eigenvalue weighted by atomic mass is 16.7. The number of aliphatic carboxylic acids is 1. The van der Waals surface area contributed by atoms with Gasteiger partial charge < -0.3 is 35.0 Å². The molecule has 0 aromatic heterocycles. The first-order valence-electron chi connectivity index (χ1n) is 9.98. The van der Waals surface area contributed by atoms with Crippen molar-refractivity contribution in [2.24, 2.45) is 0 Å². The lowest BCUT2D eigenvalue weighted by Gasteiger charge is -2.43. The van der Waals surface area contributed by atoms with Crippen molar-refractivity contribution in [1.29, 1.82) is 0 Å². The molecule has 168 valence electrons. The van der Waals surface area contributed by atoms with Crippen LogP contribution in [0.4, 0.5) is 0 Å². The van der Waals surface area contributed by atoms with Crippen LogP contribution in [0.3, 0.4) is 0 Å². The van der Waals surface area contributed by atoms with Crippen LogP contribution in [0.5, 0.6) is 0 Å². The second kappa shape index (κ2) is 11.8. The van der Waals surface area contributed by atoms with Gasteiger partial charge in [0.15, 0.2) is 6.29 Å². The molecule has 1 aliphatic rings. The van der Waals surface area contributed by atoms with Crippen molar-refractivity contribution in [3.8, 4) is 0 Å². The van der Waals surface area contributed by atoms with Gasteiger partial charge in [0.05, 0.1) is 18.6 Å². The average molecular weight is 417 g/mol. The van der Waals surface area contributed by atoms with Crippen LogP contribution in [0.25, 0.3) is 0 Å². The normalized spacial score (nSPS) is 29.9. The van der Waals surface area contributed by atoms with Crippen molar-refractivity contribution in [2.45, 2.75) is 96.1 Å². The van der Waals surface area contributed by atoms with Crippen molar-refractivity contribution < 1.29 is 39.8 Å². The molecule has 1 saturated heterocycles. The highest BCUT2D eigenvalue weighted by Crippen LogP contribution is 2.30. The largest absolute Gasteiger partial charge is 0.481 e. The Labute approximate surface area is 172 Å². The van der Waals surface area contributed by atoms with Crippen LogP contribution in [0.15, 0.2) is 23.3 Å². The van der Waals surface area contributed by atoms with Crippen molar-refractivity contribution >= 4 is 5.97 Å². The second-order valence-corrected chi connectivity index (χ2v) is 8.24. The minimum Gasteiger partial charge on any atom is -0.481 e. The number of hydrogen-bond acceptors (Lipinski definition) is 7. The van der Waals surface area contributed by atoms with Crippen LogP contribution >= 0.6 is 0 Å². The van der Waals surface area contributed by atoms with Gasteiger partial charge in [-0.3, -0.25) is 4.79 Å². The SMILES string of the molecule is CC(C)=CCC/C(C)=C/CCC(C)(CC(=O)O)O[C@@H]1O[C@H](CO)[C@@H](O)[C@H](O)[C@H]1O. The maximum atomic E-state index is 11.3. The van der Waals surface area contributed by atoms with E-state index in [0.29, 0.717) is 12.8 Å². The first-order chi connectivity index (χ1) is 13.5. The van der Waals surface area contributed by atoms with E-state index in [9.17, 15) is 30.3 Å². The third kappa shape index (κ3) is 8.54. The lowest BCUT2D eigenvalue weighted by atomic mass is 9.93. The van der Waals surface area contributed by atoms with Gasteiger partial charge in [-0.15, -0.1) is 0 Å². The Balaban J connectivity index is 2.78. The monoisotopic (exact) mass is 416 g/mol. The van der Waals surface area contributed by atoms with E-state index in [1.165, 1.54) is 11.1 Å². The molecule has 1 fully saturated rings. The van der Waals surface area contributed by atoms with Crippen molar-refractivity contribution in [3.63, 3.8) is 0 Å². The maximum absolute atomic E-state index is 11.3. The summed E-state index contributed by atoms with van der Waals surface area (Å²) >= 11 is 0. The molecule has 1 rings (SSSR count). The third-order valence-electron chi connectivity index (χ3n) is 5.03. The summed E-state index contributed by atoms with van der Waals surface area (Å²) in [5.74, 6) is -1.07. The van der Waals surface area contributed by atoms with E-state index in [0.717, 1.165) is 12.8 Å². The molecule has 6 atom stereocenters. The van der Waals surface area contributed by atoms with E-state index in [2.05, 4.69) is 6.08 Å². The van der Waals surface area contributed by atoms with Gasteiger partial charge in [0.25, 0.3) is 0 Å². The Hall–Kier alpha value is -1.29. The number of allylic oxidation sites excluding steroid dienone is 4. The smallest absolute Gasteiger partial charge is 0.306 e. The highest BCUT2D eigenvalue weighted by Gasteiger charge is 2.46. The van der Waals surface area contributed by atoms with E-state index in [4.69, 9.17) is 9.47 Å². The first kappa shape index (κ1) is 25.7. The van der Waals surface area contributed by atoms with Crippen LogP contribution in [0.2, 0.25) is 0 Å². The third-order valence-corrected chi connectivity index (χ3v) is 5.03. The van der Waals surface area contributed by atoms with Gasteiger partial charge in [0.2, 0.25) is 0 Å². The summed E-state index contributed by atoms with van der Waals surface area (Å²) in [5.41, 5.74) is 1.28. The Bertz CT molecular complexity index is 581. The number of carbonyl (C=O) groups is 1. The zero-order valence-corrected chi connectivity index (χ0v) is 17.7. The van der Waals surface area contributed by atoms with Crippen LogP contribution in [-0.4, -0.2) is 74.4 Å². The van der Waals surface area contributed by atoms with E-state index in [1.54, 1.807) is 6.92 Å². The Morgan fingerprint density at radius 2 is 1.72 bits per heavy atom. The first-order valence-corrected chi connectivity index (χ1v) is 9.98. The molecule has 0 aromatic carbocycles. The molecule has 0 saturated carbocycles. The second-order valence-electron chi connectivity index (χ2n) is 8.24. The minimum atomic E-state index is -1.57.